The average Bonchev–Trinajstić information content (AvgIpc) is 4.38. The number of thiazole rings is 2. The van der Waals surface area contributed by atoms with Crippen LogP contribution >= 0.6 is 45.3 Å². The molecule has 2 aromatic carbocycles. The van der Waals surface area contributed by atoms with Gasteiger partial charge in [-0.15, -0.1) is 45.3 Å². The topological polar surface area (TPSA) is 143 Å². The number of carbonyl (C=O) groups is 4. The van der Waals surface area contributed by atoms with Gasteiger partial charge in [0.25, 0.3) is 0 Å². The highest BCUT2D eigenvalue weighted by molar-refractivity contribution is 7.22. The van der Waals surface area contributed by atoms with Crippen molar-refractivity contribution in [3.8, 4) is 21.1 Å². The lowest BCUT2D eigenvalue weighted by Gasteiger charge is -2.30. The summed E-state index contributed by atoms with van der Waals surface area (Å²) in [5.41, 5.74) is 6.06. The van der Waals surface area contributed by atoms with Crippen molar-refractivity contribution in [3.05, 3.63) is 79.2 Å². The van der Waals surface area contributed by atoms with Gasteiger partial charge in [-0.3, -0.25) is 9.59 Å². The molecule has 16 heteroatoms. The number of hydrogen-bond acceptors (Lipinski definition) is 14. The Balaban J connectivity index is 0.000000176. The molecular formula is C62H78N6O6S4. The molecule has 2 amide bonds. The highest BCUT2D eigenvalue weighted by Crippen LogP contribution is 2.47. The van der Waals surface area contributed by atoms with E-state index in [1.165, 1.54) is 63.5 Å². The third-order valence-corrected chi connectivity index (χ3v) is 21.5. The van der Waals surface area contributed by atoms with Crippen molar-refractivity contribution >= 4 is 89.5 Å². The minimum absolute atomic E-state index is 0.193. The zero-order valence-electron chi connectivity index (χ0n) is 46.5. The molecule has 2 N–H and O–H groups in total. The van der Waals surface area contributed by atoms with Crippen molar-refractivity contribution in [1.82, 2.24) is 30.4 Å². The number of rotatable bonds is 14. The predicted molar refractivity (Wildman–Crippen MR) is 317 cm³/mol. The molecule has 6 aromatic rings. The number of nitrogens with one attached hydrogen (secondary N) is 2. The molecule has 8 heterocycles. The largest absolute Gasteiger partial charge is 0.444 e. The Morgan fingerprint density at radius 3 is 1.62 bits per heavy atom. The van der Waals surface area contributed by atoms with E-state index in [2.05, 4.69) is 41.0 Å². The van der Waals surface area contributed by atoms with E-state index in [0.717, 1.165) is 136 Å². The molecule has 0 radical (unpaired) electrons. The second kappa shape index (κ2) is 23.5. The molecule has 12 rings (SSSR count). The number of hydrogen-bond donors (Lipinski definition) is 2. The first-order valence-corrected chi connectivity index (χ1v) is 32.1. The van der Waals surface area contributed by atoms with E-state index in [4.69, 9.17) is 19.4 Å². The molecule has 2 saturated carbocycles. The number of para-hydroxylation sites is 2. The SMILES string of the molecule is CC(C)(C)OC(=O)N1CCc2c(sc(CC(=O)CCCC3C[C@@H]4CN(C(=O)OC(C)(C)C)C[C@@H]4C3)c2-c2nc3ccccc3s2)C1.O=C(CCCC1C[C@H]2CNC[C@H]2C1)Cc1sc2c(c1-c1nc3ccccc3s1)CCNC2. The third kappa shape index (κ3) is 12.9. The molecule has 0 bridgehead atoms. The number of amides is 2. The van der Waals surface area contributed by atoms with Gasteiger partial charge >= 0.3 is 12.2 Å². The van der Waals surface area contributed by atoms with Crippen molar-refractivity contribution in [3.63, 3.8) is 0 Å². The normalized spacial score (nSPS) is 22.7. The summed E-state index contributed by atoms with van der Waals surface area (Å²) in [6.45, 7) is 18.4. The van der Waals surface area contributed by atoms with Crippen LogP contribution in [0.3, 0.4) is 0 Å². The average molecular weight is 1130 g/mol. The monoisotopic (exact) mass is 1130 g/mol. The number of ketones is 2. The van der Waals surface area contributed by atoms with Crippen LogP contribution in [0.2, 0.25) is 0 Å². The van der Waals surface area contributed by atoms with Gasteiger partial charge in [-0.2, -0.15) is 0 Å². The standard InChI is InChI=1S/C36H47N3O5S2.C26H31N3OS2/c1-35(2,3)43-33(41)38-15-14-26-30(21-38)45-29(31(26)32-37-27-12-7-8-13-28(27)46-32)18-25(40)11-9-10-22-16-23-19-39(20-24(23)17-22)34(42)44-36(4,5)6;30-19(5-3-4-16-10-17-13-28-14-18(17)11-16)12-23-25(20-8-9-27-15-24(20)31-23)26-29-21-6-1-2-7-22(21)32-26/h7-8,12-13,22-24H,9-11,14-21H2,1-6H3;1-2,6-7,16-18,27-28H,3-5,8-15H2/t22?,23-,24+;16?,17-,18+. The Morgan fingerprint density at radius 1 is 0.603 bits per heavy atom. The van der Waals surface area contributed by atoms with Gasteiger partial charge in [0.1, 0.15) is 32.8 Å². The van der Waals surface area contributed by atoms with E-state index >= 15 is 0 Å². The summed E-state index contributed by atoms with van der Waals surface area (Å²) in [5, 5.41) is 9.09. The van der Waals surface area contributed by atoms with Crippen LogP contribution in [0.1, 0.15) is 136 Å². The molecule has 4 aromatic heterocycles. The van der Waals surface area contributed by atoms with Crippen LogP contribution in [0.15, 0.2) is 48.5 Å². The zero-order valence-corrected chi connectivity index (χ0v) is 49.8. The lowest BCUT2D eigenvalue weighted by Crippen LogP contribution is -2.39. The quantitative estimate of drug-likeness (QED) is 0.108. The molecule has 6 aliphatic rings. The van der Waals surface area contributed by atoms with Crippen molar-refractivity contribution in [2.45, 2.75) is 156 Å². The molecule has 2 unspecified atom stereocenters. The molecule has 0 spiro atoms. The number of nitrogens with zero attached hydrogens (tertiary/aromatic N) is 4. The van der Waals surface area contributed by atoms with Crippen molar-refractivity contribution in [1.29, 1.82) is 0 Å². The predicted octanol–water partition coefficient (Wildman–Crippen LogP) is 13.7. The number of ether oxygens (including phenoxy) is 2. The first kappa shape index (κ1) is 55.3. The molecule has 12 nitrogen and oxygen atoms in total. The summed E-state index contributed by atoms with van der Waals surface area (Å²) in [4.78, 5) is 70.3. The highest BCUT2D eigenvalue weighted by atomic mass is 32.1. The van der Waals surface area contributed by atoms with E-state index in [1.807, 2.05) is 76.0 Å². The summed E-state index contributed by atoms with van der Waals surface area (Å²) in [6, 6.07) is 16.5. The fourth-order valence-corrected chi connectivity index (χ4v) is 18.4. The van der Waals surface area contributed by atoms with Crippen molar-refractivity contribution in [2.75, 3.05) is 39.3 Å². The molecule has 4 fully saturated rings. The van der Waals surface area contributed by atoms with Crippen molar-refractivity contribution < 1.29 is 28.7 Å². The van der Waals surface area contributed by atoms with Gasteiger partial charge in [0.2, 0.25) is 0 Å². The van der Waals surface area contributed by atoms with Gasteiger partial charge in [0.05, 0.1) is 27.0 Å². The van der Waals surface area contributed by atoms with Crippen LogP contribution in [0, 0.1) is 35.5 Å². The second-order valence-corrected chi connectivity index (χ2v) is 29.6. The number of Topliss-reactive ketones (excluding diaryl/α,β-unsaturated/α-hetero) is 2. The summed E-state index contributed by atoms with van der Waals surface area (Å²) >= 11 is 6.95. The number of likely N-dealkylation sites (tertiary alicyclic amines) is 1. The third-order valence-electron chi connectivity index (χ3n) is 16.9. The van der Waals surface area contributed by atoms with Gasteiger partial charge in [0, 0.05) is 82.5 Å². The lowest BCUT2D eigenvalue weighted by molar-refractivity contribution is -0.119. The van der Waals surface area contributed by atoms with Gasteiger partial charge < -0.3 is 29.9 Å². The Hall–Kier alpha value is -4.58. The first-order chi connectivity index (χ1) is 37.5. The van der Waals surface area contributed by atoms with Crippen LogP contribution in [-0.4, -0.2) is 94.0 Å². The van der Waals surface area contributed by atoms with Crippen LogP contribution in [0.5, 0.6) is 0 Å². The molecule has 2 saturated heterocycles. The first-order valence-electron chi connectivity index (χ1n) is 28.9. The van der Waals surface area contributed by atoms with E-state index < -0.39 is 11.2 Å². The molecule has 2 aliphatic carbocycles. The molecule has 4 aliphatic heterocycles. The van der Waals surface area contributed by atoms with Gasteiger partial charge in [0.15, 0.2) is 0 Å². The van der Waals surface area contributed by atoms with Gasteiger partial charge in [-0.1, -0.05) is 37.1 Å². The summed E-state index contributed by atoms with van der Waals surface area (Å²) < 4.78 is 13.6. The highest BCUT2D eigenvalue weighted by Gasteiger charge is 2.43. The molecular weight excluding hydrogens is 1050 g/mol. The number of carbonyl (C=O) groups excluding carboxylic acids is 4. The van der Waals surface area contributed by atoms with E-state index in [1.54, 1.807) is 38.9 Å². The van der Waals surface area contributed by atoms with Gasteiger partial charge in [-0.05, 0) is 183 Å². The van der Waals surface area contributed by atoms with Crippen LogP contribution in [-0.2, 0) is 57.8 Å². The summed E-state index contributed by atoms with van der Waals surface area (Å²) in [6.07, 6.45) is 12.8. The molecule has 6 atom stereocenters. The Labute approximate surface area is 476 Å². The number of aromatic nitrogens is 2. The van der Waals surface area contributed by atoms with Crippen LogP contribution in [0.4, 0.5) is 9.59 Å². The minimum Gasteiger partial charge on any atom is -0.444 e. The molecule has 416 valence electrons. The summed E-state index contributed by atoms with van der Waals surface area (Å²) in [5.74, 6) is 5.02. The van der Waals surface area contributed by atoms with Crippen LogP contribution in [0.25, 0.3) is 41.6 Å². The molecule has 78 heavy (non-hydrogen) atoms. The van der Waals surface area contributed by atoms with Crippen molar-refractivity contribution in [2.24, 2.45) is 35.5 Å². The minimum atomic E-state index is -0.547. The summed E-state index contributed by atoms with van der Waals surface area (Å²) in [7, 11) is 0. The Kier molecular flexibility index (Phi) is 16.7. The maximum absolute atomic E-state index is 13.5. The number of thiophene rings is 2. The Morgan fingerprint density at radius 2 is 1.09 bits per heavy atom. The van der Waals surface area contributed by atoms with Crippen LogP contribution < -0.4 is 10.6 Å². The lowest BCUT2D eigenvalue weighted by atomic mass is 9.96. The maximum atomic E-state index is 13.5. The smallest absolute Gasteiger partial charge is 0.410 e. The number of benzene rings is 2. The van der Waals surface area contributed by atoms with Gasteiger partial charge in [-0.25, -0.2) is 19.6 Å². The van der Waals surface area contributed by atoms with E-state index in [0.29, 0.717) is 55.9 Å². The maximum Gasteiger partial charge on any atom is 0.410 e. The zero-order chi connectivity index (χ0) is 54.3. The number of fused-ring (bicyclic) bond motifs is 6. The second-order valence-electron chi connectivity index (χ2n) is 25.1. The van der Waals surface area contributed by atoms with E-state index in [9.17, 15) is 19.2 Å². The fraction of sp³-hybridized carbons (Fsp3) is 0.581. The fourth-order valence-electron chi connectivity index (χ4n) is 13.4. The van der Waals surface area contributed by atoms with E-state index in [-0.39, 0.29) is 18.0 Å². The Bertz CT molecular complexity index is 3070.